The third kappa shape index (κ3) is 3.40. The molecule has 1 saturated carbocycles. The van der Waals surface area contributed by atoms with Gasteiger partial charge in [-0.3, -0.25) is 9.59 Å². The highest BCUT2D eigenvalue weighted by molar-refractivity contribution is 5.97. The number of para-hydroxylation sites is 2. The third-order valence-corrected chi connectivity index (χ3v) is 4.39. The molecule has 5 heteroatoms. The molecule has 1 atom stereocenters. The summed E-state index contributed by atoms with van der Waals surface area (Å²) in [5, 5.41) is 5.78. The number of rotatable bonds is 4. The van der Waals surface area contributed by atoms with Gasteiger partial charge in [0.2, 0.25) is 5.91 Å². The Morgan fingerprint density at radius 1 is 1.23 bits per heavy atom. The predicted octanol–water partition coefficient (Wildman–Crippen LogP) is 2.47. The molecule has 1 heterocycles. The minimum atomic E-state index is -0.540. The van der Waals surface area contributed by atoms with Gasteiger partial charge in [0, 0.05) is 18.9 Å². The summed E-state index contributed by atoms with van der Waals surface area (Å²) in [5.74, 6) is 0.809. The van der Waals surface area contributed by atoms with E-state index in [9.17, 15) is 9.59 Å². The van der Waals surface area contributed by atoms with Crippen LogP contribution in [-0.4, -0.2) is 24.5 Å². The molecule has 1 aromatic carbocycles. The van der Waals surface area contributed by atoms with Gasteiger partial charge in [0.1, 0.15) is 5.75 Å². The molecular weight excluding hydrogens is 280 g/mol. The highest BCUT2D eigenvalue weighted by Gasteiger charge is 2.27. The Balaban J connectivity index is 1.47. The number of fused-ring (bicyclic) bond motifs is 1. The number of benzene rings is 1. The lowest BCUT2D eigenvalue weighted by atomic mass is 9.88. The van der Waals surface area contributed by atoms with Gasteiger partial charge in [0.05, 0.1) is 5.69 Å². The van der Waals surface area contributed by atoms with Crippen LogP contribution in [0.5, 0.6) is 5.75 Å². The summed E-state index contributed by atoms with van der Waals surface area (Å²) in [6.45, 7) is 0.468. The average molecular weight is 302 g/mol. The Labute approximate surface area is 130 Å². The van der Waals surface area contributed by atoms with Crippen molar-refractivity contribution in [2.75, 3.05) is 11.9 Å². The van der Waals surface area contributed by atoms with Gasteiger partial charge in [-0.15, -0.1) is 0 Å². The number of carbonyl (C=O) groups is 2. The van der Waals surface area contributed by atoms with Crippen LogP contribution in [-0.2, 0) is 9.59 Å². The fourth-order valence-electron chi connectivity index (χ4n) is 3.12. The van der Waals surface area contributed by atoms with Crippen LogP contribution < -0.4 is 15.4 Å². The summed E-state index contributed by atoms with van der Waals surface area (Å²) >= 11 is 0. The fourth-order valence-corrected chi connectivity index (χ4v) is 3.12. The van der Waals surface area contributed by atoms with Crippen molar-refractivity contribution in [1.82, 2.24) is 5.32 Å². The standard InChI is InChI=1S/C17H22N2O3/c20-16(12-6-2-1-3-7-12)18-11-10-15-17(21)19-13-8-4-5-9-14(13)22-15/h4-5,8-9,12,15H,1-3,6-7,10-11H2,(H,18,20)(H,19,21). The van der Waals surface area contributed by atoms with Gasteiger partial charge in [-0.25, -0.2) is 0 Å². The summed E-state index contributed by atoms with van der Waals surface area (Å²) in [6, 6.07) is 7.38. The van der Waals surface area contributed by atoms with Crippen molar-refractivity contribution < 1.29 is 14.3 Å². The van der Waals surface area contributed by atoms with E-state index < -0.39 is 6.10 Å². The number of carbonyl (C=O) groups excluding carboxylic acids is 2. The predicted molar refractivity (Wildman–Crippen MR) is 83.7 cm³/mol. The van der Waals surface area contributed by atoms with Crippen LogP contribution in [0.1, 0.15) is 38.5 Å². The summed E-state index contributed by atoms with van der Waals surface area (Å²) in [5.41, 5.74) is 0.704. The zero-order valence-corrected chi connectivity index (χ0v) is 12.6. The van der Waals surface area contributed by atoms with Gasteiger partial charge in [0.15, 0.2) is 6.10 Å². The minimum absolute atomic E-state index is 0.122. The van der Waals surface area contributed by atoms with Crippen molar-refractivity contribution >= 4 is 17.5 Å². The highest BCUT2D eigenvalue weighted by atomic mass is 16.5. The molecule has 3 rings (SSSR count). The summed E-state index contributed by atoms with van der Waals surface area (Å²) < 4.78 is 5.71. The van der Waals surface area contributed by atoms with E-state index in [4.69, 9.17) is 4.74 Å². The van der Waals surface area contributed by atoms with E-state index in [0.717, 1.165) is 25.7 Å². The molecule has 2 N–H and O–H groups in total. The zero-order chi connectivity index (χ0) is 15.4. The lowest BCUT2D eigenvalue weighted by Gasteiger charge is -2.26. The van der Waals surface area contributed by atoms with Gasteiger partial charge in [-0.2, -0.15) is 0 Å². The van der Waals surface area contributed by atoms with E-state index in [-0.39, 0.29) is 17.7 Å². The highest BCUT2D eigenvalue weighted by Crippen LogP contribution is 2.29. The van der Waals surface area contributed by atoms with Gasteiger partial charge in [0.25, 0.3) is 5.91 Å². The molecule has 0 radical (unpaired) electrons. The van der Waals surface area contributed by atoms with Crippen LogP contribution in [0.2, 0.25) is 0 Å². The van der Waals surface area contributed by atoms with Crippen LogP contribution in [0.4, 0.5) is 5.69 Å². The normalized spacial score (nSPS) is 21.5. The first-order chi connectivity index (χ1) is 10.7. The van der Waals surface area contributed by atoms with E-state index >= 15 is 0 Å². The Morgan fingerprint density at radius 2 is 2.00 bits per heavy atom. The largest absolute Gasteiger partial charge is 0.478 e. The Morgan fingerprint density at radius 3 is 2.82 bits per heavy atom. The monoisotopic (exact) mass is 302 g/mol. The molecule has 1 aliphatic heterocycles. The van der Waals surface area contributed by atoms with E-state index in [1.807, 2.05) is 24.3 Å². The van der Waals surface area contributed by atoms with E-state index in [2.05, 4.69) is 10.6 Å². The van der Waals surface area contributed by atoms with E-state index in [1.54, 1.807) is 0 Å². The van der Waals surface area contributed by atoms with Crippen molar-refractivity contribution in [3.05, 3.63) is 24.3 Å². The molecule has 1 fully saturated rings. The second-order valence-electron chi connectivity index (χ2n) is 6.01. The molecule has 118 valence electrons. The smallest absolute Gasteiger partial charge is 0.265 e. The molecule has 1 aliphatic carbocycles. The fraction of sp³-hybridized carbons (Fsp3) is 0.529. The zero-order valence-electron chi connectivity index (χ0n) is 12.6. The number of anilines is 1. The molecule has 0 aromatic heterocycles. The van der Waals surface area contributed by atoms with Crippen molar-refractivity contribution in [2.24, 2.45) is 5.92 Å². The molecule has 0 spiro atoms. The molecule has 1 aromatic rings. The van der Waals surface area contributed by atoms with Crippen LogP contribution in [0, 0.1) is 5.92 Å². The first-order valence-corrected chi connectivity index (χ1v) is 8.08. The second kappa shape index (κ2) is 6.81. The molecule has 0 bridgehead atoms. The van der Waals surface area contributed by atoms with Crippen molar-refractivity contribution in [3.8, 4) is 5.75 Å². The summed E-state index contributed by atoms with van der Waals surface area (Å²) in [4.78, 5) is 24.1. The van der Waals surface area contributed by atoms with Gasteiger partial charge >= 0.3 is 0 Å². The Hall–Kier alpha value is -2.04. The molecule has 5 nitrogen and oxygen atoms in total. The topological polar surface area (TPSA) is 67.4 Å². The van der Waals surface area contributed by atoms with Crippen LogP contribution >= 0.6 is 0 Å². The quantitative estimate of drug-likeness (QED) is 0.898. The number of hydrogen-bond donors (Lipinski definition) is 2. The van der Waals surface area contributed by atoms with Crippen molar-refractivity contribution in [2.45, 2.75) is 44.6 Å². The summed E-state index contributed by atoms with van der Waals surface area (Å²) in [6.07, 6.45) is 5.44. The molecular formula is C17H22N2O3. The van der Waals surface area contributed by atoms with Crippen LogP contribution in [0.15, 0.2) is 24.3 Å². The lowest BCUT2D eigenvalue weighted by molar-refractivity contribution is -0.127. The Bertz CT molecular complexity index is 553. The Kier molecular flexibility index (Phi) is 4.61. The van der Waals surface area contributed by atoms with Gasteiger partial charge < -0.3 is 15.4 Å². The number of nitrogens with one attached hydrogen (secondary N) is 2. The maximum atomic E-state index is 12.1. The molecule has 22 heavy (non-hydrogen) atoms. The number of amides is 2. The number of hydrogen-bond acceptors (Lipinski definition) is 3. The first-order valence-electron chi connectivity index (χ1n) is 8.08. The molecule has 2 aliphatic rings. The molecule has 1 unspecified atom stereocenters. The maximum Gasteiger partial charge on any atom is 0.265 e. The van der Waals surface area contributed by atoms with Crippen molar-refractivity contribution in [1.29, 1.82) is 0 Å². The second-order valence-corrected chi connectivity index (χ2v) is 6.01. The van der Waals surface area contributed by atoms with Crippen LogP contribution in [0.3, 0.4) is 0 Å². The van der Waals surface area contributed by atoms with Crippen molar-refractivity contribution in [3.63, 3.8) is 0 Å². The maximum absolute atomic E-state index is 12.1. The SMILES string of the molecule is O=C(NCCC1Oc2ccccc2NC1=O)C1CCCCC1. The lowest BCUT2D eigenvalue weighted by Crippen LogP contribution is -2.40. The third-order valence-electron chi connectivity index (χ3n) is 4.39. The van der Waals surface area contributed by atoms with Gasteiger partial charge in [-0.1, -0.05) is 31.4 Å². The van der Waals surface area contributed by atoms with E-state index in [1.165, 1.54) is 6.42 Å². The van der Waals surface area contributed by atoms with Crippen LogP contribution in [0.25, 0.3) is 0 Å². The minimum Gasteiger partial charge on any atom is -0.478 e. The number of ether oxygens (including phenoxy) is 1. The average Bonchev–Trinajstić information content (AvgIpc) is 2.56. The van der Waals surface area contributed by atoms with E-state index in [0.29, 0.717) is 24.4 Å². The molecule has 0 saturated heterocycles. The summed E-state index contributed by atoms with van der Waals surface area (Å²) in [7, 11) is 0. The van der Waals surface area contributed by atoms with Gasteiger partial charge in [-0.05, 0) is 25.0 Å². The molecule has 2 amide bonds. The first kappa shape index (κ1) is 14.9.